The number of ether oxygens (including phenoxy) is 2. The predicted molar refractivity (Wildman–Crippen MR) is 115 cm³/mol. The Hall–Kier alpha value is -3.02. The zero-order valence-corrected chi connectivity index (χ0v) is 18.6. The van der Waals surface area contributed by atoms with Crippen LogP contribution in [0.3, 0.4) is 0 Å². The number of hydrogen-bond acceptors (Lipinski definition) is 8. The summed E-state index contributed by atoms with van der Waals surface area (Å²) in [4.78, 5) is 16.4. The molecule has 1 N–H and O–H groups in total. The fourth-order valence-corrected chi connectivity index (χ4v) is 4.12. The number of aromatic nitrogens is 1. The number of thiazole rings is 1. The van der Waals surface area contributed by atoms with Gasteiger partial charge in [-0.2, -0.15) is 0 Å². The molecule has 3 aromatic rings. The van der Waals surface area contributed by atoms with Crippen LogP contribution >= 0.6 is 11.3 Å². The monoisotopic (exact) mass is 465 g/mol. The molecule has 164 valence electrons. The number of esters is 1. The van der Waals surface area contributed by atoms with Gasteiger partial charge in [0.25, 0.3) is 0 Å². The molecule has 0 aliphatic rings. The van der Waals surface area contributed by atoms with Crippen LogP contribution in [0.1, 0.15) is 16.1 Å². The van der Waals surface area contributed by atoms with Gasteiger partial charge in [0.15, 0.2) is 5.13 Å². The van der Waals surface area contributed by atoms with Crippen LogP contribution in [0.25, 0.3) is 0 Å². The van der Waals surface area contributed by atoms with Crippen LogP contribution in [-0.4, -0.2) is 44.9 Å². The molecule has 0 saturated carbocycles. The van der Waals surface area contributed by atoms with E-state index in [4.69, 9.17) is 9.47 Å². The third kappa shape index (κ3) is 5.37. The summed E-state index contributed by atoms with van der Waals surface area (Å²) >= 11 is 1.31. The first-order valence-corrected chi connectivity index (χ1v) is 11.3. The molecule has 2 aromatic carbocycles. The van der Waals surface area contributed by atoms with Crippen LogP contribution in [0, 0.1) is 5.82 Å². The number of nitrogens with one attached hydrogen (secondary N) is 1. The Kier molecular flexibility index (Phi) is 6.88. The van der Waals surface area contributed by atoms with Crippen molar-refractivity contribution < 1.29 is 27.1 Å². The lowest BCUT2D eigenvalue weighted by Crippen LogP contribution is -2.22. The summed E-state index contributed by atoms with van der Waals surface area (Å²) in [6, 6.07) is 10.3. The molecule has 0 bridgehead atoms. The topological polar surface area (TPSA) is 97.8 Å². The number of sulfonamides is 1. The maximum Gasteiger partial charge on any atom is 0.341 e. The highest BCUT2D eigenvalue weighted by Crippen LogP contribution is 2.24. The molecule has 1 aromatic heterocycles. The van der Waals surface area contributed by atoms with Crippen molar-refractivity contribution in [2.24, 2.45) is 0 Å². The van der Waals surface area contributed by atoms with Crippen LogP contribution in [0.4, 0.5) is 15.2 Å². The molecule has 11 heteroatoms. The van der Waals surface area contributed by atoms with Crippen LogP contribution in [0.15, 0.2) is 52.7 Å². The number of nitrogens with zero attached hydrogens (tertiary/aromatic N) is 2. The van der Waals surface area contributed by atoms with Crippen LogP contribution in [-0.2, 0) is 21.4 Å². The van der Waals surface area contributed by atoms with E-state index in [0.29, 0.717) is 10.8 Å². The first-order valence-electron chi connectivity index (χ1n) is 8.95. The number of halogens is 1. The van der Waals surface area contributed by atoms with Crippen molar-refractivity contribution in [1.82, 2.24) is 9.29 Å². The second-order valence-corrected chi connectivity index (χ2v) is 9.51. The van der Waals surface area contributed by atoms with Gasteiger partial charge in [0.05, 0.1) is 23.3 Å². The van der Waals surface area contributed by atoms with Gasteiger partial charge in [-0.1, -0.05) is 0 Å². The minimum Gasteiger partial charge on any atom is -0.497 e. The lowest BCUT2D eigenvalue weighted by molar-refractivity contribution is 0.0462. The Morgan fingerprint density at radius 3 is 2.55 bits per heavy atom. The number of anilines is 2. The third-order valence-electron chi connectivity index (χ3n) is 4.18. The fourth-order valence-electron chi connectivity index (χ4n) is 2.48. The predicted octanol–water partition coefficient (Wildman–Crippen LogP) is 3.64. The number of methoxy groups -OCH3 is 1. The summed E-state index contributed by atoms with van der Waals surface area (Å²) in [7, 11) is 0.455. The van der Waals surface area contributed by atoms with Gasteiger partial charge < -0.3 is 14.8 Å². The van der Waals surface area contributed by atoms with Gasteiger partial charge in [-0.25, -0.2) is 26.9 Å². The second kappa shape index (κ2) is 9.41. The zero-order valence-electron chi connectivity index (χ0n) is 17.0. The van der Waals surface area contributed by atoms with Crippen LogP contribution in [0.2, 0.25) is 0 Å². The molecule has 0 radical (unpaired) electrons. The van der Waals surface area contributed by atoms with Crippen molar-refractivity contribution in [3.05, 3.63) is 64.9 Å². The summed E-state index contributed by atoms with van der Waals surface area (Å²) < 4.78 is 49.7. The van der Waals surface area contributed by atoms with Gasteiger partial charge >= 0.3 is 5.97 Å². The zero-order chi connectivity index (χ0) is 22.6. The average Bonchev–Trinajstić information content (AvgIpc) is 3.20. The highest BCUT2D eigenvalue weighted by Gasteiger charge is 2.22. The van der Waals surface area contributed by atoms with Crippen molar-refractivity contribution in [3.63, 3.8) is 0 Å². The molecule has 0 fully saturated rings. The Labute approximate surface area is 183 Å². The molecule has 0 atom stereocenters. The number of carbonyl (C=O) groups is 1. The number of carbonyl (C=O) groups excluding carboxylic acids is 1. The fraction of sp³-hybridized carbons (Fsp3) is 0.200. The highest BCUT2D eigenvalue weighted by molar-refractivity contribution is 7.89. The van der Waals surface area contributed by atoms with Crippen molar-refractivity contribution >= 4 is 38.1 Å². The molecule has 0 unspecified atom stereocenters. The van der Waals surface area contributed by atoms with Crippen molar-refractivity contribution in [1.29, 1.82) is 0 Å². The number of hydrogen-bond donors (Lipinski definition) is 1. The normalized spacial score (nSPS) is 11.4. The third-order valence-corrected chi connectivity index (χ3v) is 6.80. The lowest BCUT2D eigenvalue weighted by atomic mass is 10.2. The van der Waals surface area contributed by atoms with Gasteiger partial charge in [0.1, 0.15) is 18.2 Å². The number of rotatable bonds is 8. The molecule has 3 rings (SSSR count). The van der Waals surface area contributed by atoms with E-state index in [9.17, 15) is 17.6 Å². The van der Waals surface area contributed by atoms with E-state index in [2.05, 4.69) is 10.3 Å². The van der Waals surface area contributed by atoms with Crippen molar-refractivity contribution in [3.8, 4) is 5.75 Å². The standard InChI is InChI=1S/C20H20FN3O5S2/c1-24(2)31(26,27)16-8-9-18(21)17(10-16)19(25)29-11-14-12-30-20(23-14)22-13-4-6-15(28-3)7-5-13/h4-10,12H,11H2,1-3H3,(H,22,23). The maximum absolute atomic E-state index is 14.1. The van der Waals surface area contributed by atoms with E-state index in [-0.39, 0.29) is 11.5 Å². The molecule has 0 saturated heterocycles. The van der Waals surface area contributed by atoms with Gasteiger partial charge in [0, 0.05) is 25.2 Å². The quantitative estimate of drug-likeness (QED) is 0.507. The minimum absolute atomic E-state index is 0.191. The van der Waals surface area contributed by atoms with Crippen LogP contribution in [0.5, 0.6) is 5.75 Å². The lowest BCUT2D eigenvalue weighted by Gasteiger charge is -2.12. The highest BCUT2D eigenvalue weighted by atomic mass is 32.2. The van der Waals surface area contributed by atoms with Crippen molar-refractivity contribution in [2.45, 2.75) is 11.5 Å². The van der Waals surface area contributed by atoms with E-state index >= 15 is 0 Å². The summed E-state index contributed by atoms with van der Waals surface area (Å²) in [6.45, 7) is -0.191. The maximum atomic E-state index is 14.1. The smallest absolute Gasteiger partial charge is 0.341 e. The number of benzene rings is 2. The average molecular weight is 466 g/mol. The van der Waals surface area contributed by atoms with Gasteiger partial charge in [-0.15, -0.1) is 11.3 Å². The Morgan fingerprint density at radius 1 is 1.19 bits per heavy atom. The van der Waals surface area contributed by atoms with Crippen molar-refractivity contribution in [2.75, 3.05) is 26.5 Å². The molecule has 0 amide bonds. The van der Waals surface area contributed by atoms with Gasteiger partial charge in [-0.3, -0.25) is 0 Å². The van der Waals surface area contributed by atoms with E-state index in [1.54, 1.807) is 24.6 Å². The molecular weight excluding hydrogens is 445 g/mol. The minimum atomic E-state index is -3.82. The largest absolute Gasteiger partial charge is 0.497 e. The Balaban J connectivity index is 1.66. The summed E-state index contributed by atoms with van der Waals surface area (Å²) in [5.74, 6) is -1.12. The van der Waals surface area contributed by atoms with Gasteiger partial charge in [0.2, 0.25) is 10.0 Å². The van der Waals surface area contributed by atoms with Crippen LogP contribution < -0.4 is 10.1 Å². The molecule has 1 heterocycles. The first kappa shape index (κ1) is 22.7. The second-order valence-electron chi connectivity index (χ2n) is 6.50. The molecule has 0 spiro atoms. The molecule has 0 aliphatic heterocycles. The van der Waals surface area contributed by atoms with E-state index in [0.717, 1.165) is 33.9 Å². The van der Waals surface area contributed by atoms with E-state index in [1.807, 2.05) is 12.1 Å². The Morgan fingerprint density at radius 2 is 1.90 bits per heavy atom. The molecule has 31 heavy (non-hydrogen) atoms. The molecular formula is C20H20FN3O5S2. The SMILES string of the molecule is COc1ccc(Nc2nc(COC(=O)c3cc(S(=O)(=O)N(C)C)ccc3F)cs2)cc1. The summed E-state index contributed by atoms with van der Waals surface area (Å²) in [5, 5.41) is 5.40. The molecule has 0 aliphatic carbocycles. The Bertz CT molecular complexity index is 1180. The van der Waals surface area contributed by atoms with E-state index < -0.39 is 27.4 Å². The van der Waals surface area contributed by atoms with E-state index in [1.165, 1.54) is 25.4 Å². The summed E-state index contributed by atoms with van der Waals surface area (Å²) in [6.07, 6.45) is 0. The summed E-state index contributed by atoms with van der Waals surface area (Å²) in [5.41, 5.74) is 0.807. The molecule has 8 nitrogen and oxygen atoms in total. The first-order chi connectivity index (χ1) is 14.7. The van der Waals surface area contributed by atoms with Gasteiger partial charge in [-0.05, 0) is 42.5 Å².